The molecule has 1 aliphatic heterocycles. The van der Waals surface area contributed by atoms with Crippen molar-refractivity contribution < 1.29 is 19.8 Å². The summed E-state index contributed by atoms with van der Waals surface area (Å²) < 4.78 is 0. The van der Waals surface area contributed by atoms with Crippen molar-refractivity contribution in [2.24, 2.45) is 5.41 Å². The molecule has 0 radical (unpaired) electrons. The molecule has 1 amide bonds. The Balaban J connectivity index is 2.63. The summed E-state index contributed by atoms with van der Waals surface area (Å²) in [5.74, 6) is -1.09. The van der Waals surface area contributed by atoms with Gasteiger partial charge in [0.2, 0.25) is 5.91 Å². The summed E-state index contributed by atoms with van der Waals surface area (Å²) in [6.45, 7) is 5.85. The van der Waals surface area contributed by atoms with Crippen LogP contribution in [0.3, 0.4) is 0 Å². The summed E-state index contributed by atoms with van der Waals surface area (Å²) in [5, 5.41) is 18.8. The average molecular weight is 243 g/mol. The number of aliphatic hydroxyl groups is 1. The Morgan fingerprint density at radius 2 is 1.76 bits per heavy atom. The monoisotopic (exact) mass is 243 g/mol. The van der Waals surface area contributed by atoms with Gasteiger partial charge in [-0.05, 0) is 19.8 Å². The zero-order chi connectivity index (χ0) is 13.3. The van der Waals surface area contributed by atoms with Gasteiger partial charge in [0.05, 0.1) is 24.1 Å². The van der Waals surface area contributed by atoms with E-state index in [1.807, 2.05) is 0 Å². The molecule has 98 valence electrons. The first kappa shape index (κ1) is 14.0. The van der Waals surface area contributed by atoms with Crippen LogP contribution in [0.25, 0.3) is 0 Å². The molecule has 1 aliphatic rings. The molecule has 0 bridgehead atoms. The lowest BCUT2D eigenvalue weighted by Gasteiger charge is -2.45. The van der Waals surface area contributed by atoms with Crippen LogP contribution in [-0.2, 0) is 9.59 Å². The minimum atomic E-state index is -0.960. The third kappa shape index (κ3) is 2.77. The van der Waals surface area contributed by atoms with Crippen molar-refractivity contribution in [3.05, 3.63) is 0 Å². The highest BCUT2D eigenvalue weighted by Gasteiger charge is 2.44. The van der Waals surface area contributed by atoms with Crippen molar-refractivity contribution in [1.82, 2.24) is 4.90 Å². The first-order valence-corrected chi connectivity index (χ1v) is 6.00. The number of β-amino-alcohol motifs (C(OH)–C–C–N with tert-alkyl or cyclic N) is 1. The maximum Gasteiger partial charge on any atom is 0.310 e. The van der Waals surface area contributed by atoms with Gasteiger partial charge in [0.15, 0.2) is 0 Å². The fourth-order valence-corrected chi connectivity index (χ4v) is 2.23. The molecule has 1 fully saturated rings. The second-order valence-corrected chi connectivity index (χ2v) is 5.22. The van der Waals surface area contributed by atoms with E-state index >= 15 is 0 Å². The quantitative estimate of drug-likeness (QED) is 0.750. The van der Waals surface area contributed by atoms with E-state index in [2.05, 4.69) is 0 Å². The highest BCUT2D eigenvalue weighted by atomic mass is 16.4. The highest BCUT2D eigenvalue weighted by molar-refractivity contribution is 5.85. The van der Waals surface area contributed by atoms with Gasteiger partial charge in [0.1, 0.15) is 0 Å². The lowest BCUT2D eigenvalue weighted by molar-refractivity contribution is -0.162. The largest absolute Gasteiger partial charge is 0.481 e. The van der Waals surface area contributed by atoms with Crippen molar-refractivity contribution in [3.63, 3.8) is 0 Å². The normalized spacial score (nSPS) is 18.7. The van der Waals surface area contributed by atoms with Crippen LogP contribution in [0.4, 0.5) is 0 Å². The molecule has 5 nitrogen and oxygen atoms in total. The summed E-state index contributed by atoms with van der Waals surface area (Å²) in [4.78, 5) is 24.7. The van der Waals surface area contributed by atoms with E-state index in [1.165, 1.54) is 4.90 Å². The minimum Gasteiger partial charge on any atom is -0.481 e. The molecular formula is C12H21NO4. The van der Waals surface area contributed by atoms with Crippen molar-refractivity contribution in [2.75, 3.05) is 13.1 Å². The average Bonchev–Trinajstić information content (AvgIpc) is 2.21. The van der Waals surface area contributed by atoms with Crippen molar-refractivity contribution in [1.29, 1.82) is 0 Å². The van der Waals surface area contributed by atoms with E-state index in [-0.39, 0.29) is 12.3 Å². The van der Waals surface area contributed by atoms with Gasteiger partial charge in [-0.15, -0.1) is 0 Å². The molecule has 0 aromatic carbocycles. The van der Waals surface area contributed by atoms with Crippen LogP contribution in [0.15, 0.2) is 0 Å². The third-order valence-corrected chi connectivity index (χ3v) is 3.71. The van der Waals surface area contributed by atoms with E-state index in [9.17, 15) is 19.8 Å². The molecule has 0 atom stereocenters. The summed E-state index contributed by atoms with van der Waals surface area (Å²) in [6.07, 6.45) is 0.898. The Morgan fingerprint density at radius 1 is 1.29 bits per heavy atom. The van der Waals surface area contributed by atoms with Crippen molar-refractivity contribution in [3.8, 4) is 0 Å². The zero-order valence-corrected chi connectivity index (χ0v) is 10.7. The summed E-state index contributed by atoms with van der Waals surface area (Å²) in [5.41, 5.74) is -1.77. The van der Waals surface area contributed by atoms with Gasteiger partial charge in [-0.2, -0.15) is 0 Å². The molecule has 0 aromatic heterocycles. The van der Waals surface area contributed by atoms with Gasteiger partial charge in [-0.1, -0.05) is 13.8 Å². The number of likely N-dealkylation sites (tertiary alicyclic amines) is 1. The SMILES string of the molecule is CCC(CC)(CC(=O)N1CC(C)(O)C1)C(=O)O. The number of carbonyl (C=O) groups excluding carboxylic acids is 1. The molecule has 17 heavy (non-hydrogen) atoms. The minimum absolute atomic E-state index is 0.0193. The van der Waals surface area contributed by atoms with Crippen LogP contribution >= 0.6 is 0 Å². The van der Waals surface area contributed by atoms with E-state index in [0.717, 1.165) is 0 Å². The number of carboxylic acid groups (broad SMARTS) is 1. The van der Waals surface area contributed by atoms with Gasteiger partial charge in [0, 0.05) is 6.42 Å². The van der Waals surface area contributed by atoms with Gasteiger partial charge < -0.3 is 15.1 Å². The first-order valence-electron chi connectivity index (χ1n) is 6.00. The van der Waals surface area contributed by atoms with Crippen LogP contribution < -0.4 is 0 Å². The lowest BCUT2D eigenvalue weighted by atomic mass is 9.78. The number of rotatable bonds is 5. The molecule has 0 spiro atoms. The number of hydrogen-bond acceptors (Lipinski definition) is 3. The molecule has 0 saturated carbocycles. The second kappa shape index (κ2) is 4.64. The number of carbonyl (C=O) groups is 2. The zero-order valence-electron chi connectivity index (χ0n) is 10.7. The highest BCUT2D eigenvalue weighted by Crippen LogP contribution is 2.33. The number of nitrogens with zero attached hydrogens (tertiary/aromatic N) is 1. The Labute approximate surface area is 101 Å². The molecule has 1 rings (SSSR count). The number of aliphatic carboxylic acids is 1. The first-order chi connectivity index (χ1) is 7.76. The van der Waals surface area contributed by atoms with Crippen molar-refractivity contribution in [2.45, 2.75) is 45.6 Å². The fraction of sp³-hybridized carbons (Fsp3) is 0.833. The number of carboxylic acids is 1. The van der Waals surface area contributed by atoms with E-state index in [0.29, 0.717) is 25.9 Å². The topological polar surface area (TPSA) is 77.8 Å². The standard InChI is InChI=1S/C12H21NO4/c1-4-12(5-2,10(15)16)6-9(14)13-7-11(3,17)8-13/h17H,4-8H2,1-3H3,(H,15,16). The maximum absolute atomic E-state index is 11.9. The van der Waals surface area contributed by atoms with Gasteiger partial charge in [0.25, 0.3) is 0 Å². The summed E-state index contributed by atoms with van der Waals surface area (Å²) >= 11 is 0. The van der Waals surface area contributed by atoms with Gasteiger partial charge >= 0.3 is 5.97 Å². The fourth-order valence-electron chi connectivity index (χ4n) is 2.23. The third-order valence-electron chi connectivity index (χ3n) is 3.71. The van der Waals surface area contributed by atoms with Gasteiger partial charge in [-0.25, -0.2) is 0 Å². The number of amides is 1. The van der Waals surface area contributed by atoms with Crippen molar-refractivity contribution >= 4 is 11.9 Å². The number of hydrogen-bond donors (Lipinski definition) is 2. The summed E-state index contributed by atoms with van der Waals surface area (Å²) in [6, 6.07) is 0. The summed E-state index contributed by atoms with van der Waals surface area (Å²) in [7, 11) is 0. The Kier molecular flexibility index (Phi) is 3.81. The molecule has 0 unspecified atom stereocenters. The lowest BCUT2D eigenvalue weighted by Crippen LogP contribution is -2.62. The molecule has 2 N–H and O–H groups in total. The Hall–Kier alpha value is -1.10. The van der Waals surface area contributed by atoms with Crippen LogP contribution in [0.5, 0.6) is 0 Å². The van der Waals surface area contributed by atoms with Crippen LogP contribution in [0.2, 0.25) is 0 Å². The van der Waals surface area contributed by atoms with E-state index in [1.54, 1.807) is 20.8 Å². The van der Waals surface area contributed by atoms with Crippen LogP contribution in [0.1, 0.15) is 40.0 Å². The Bertz CT molecular complexity index is 312. The van der Waals surface area contributed by atoms with E-state index < -0.39 is 17.0 Å². The molecular weight excluding hydrogens is 222 g/mol. The van der Waals surface area contributed by atoms with Crippen LogP contribution in [-0.4, -0.2) is 45.7 Å². The predicted molar refractivity (Wildman–Crippen MR) is 62.5 cm³/mol. The van der Waals surface area contributed by atoms with Gasteiger partial charge in [-0.3, -0.25) is 9.59 Å². The van der Waals surface area contributed by atoms with Crippen LogP contribution in [0, 0.1) is 5.41 Å². The molecule has 1 heterocycles. The molecule has 0 aromatic rings. The molecule has 1 saturated heterocycles. The second-order valence-electron chi connectivity index (χ2n) is 5.22. The smallest absolute Gasteiger partial charge is 0.310 e. The predicted octanol–water partition coefficient (Wildman–Crippen LogP) is 0.861. The molecule has 5 heteroatoms. The van der Waals surface area contributed by atoms with E-state index in [4.69, 9.17) is 0 Å². The molecule has 0 aliphatic carbocycles. The Morgan fingerprint density at radius 3 is 2.06 bits per heavy atom. The maximum atomic E-state index is 11.9.